The molecule has 0 aliphatic rings. The van der Waals surface area contributed by atoms with E-state index < -0.39 is 16.3 Å². The molecule has 0 spiro atoms. The summed E-state index contributed by atoms with van der Waals surface area (Å²) in [6.45, 7) is -0.0523. The average Bonchev–Trinajstić information content (AvgIpc) is 3.39. The zero-order valence-corrected chi connectivity index (χ0v) is 22.6. The molecule has 0 amide bonds. The highest BCUT2D eigenvalue weighted by molar-refractivity contribution is 9.10. The summed E-state index contributed by atoms with van der Waals surface area (Å²) in [5.41, 5.74) is 1.17. The van der Waals surface area contributed by atoms with Gasteiger partial charge in [-0.1, -0.05) is 46.3 Å². The molecule has 0 radical (unpaired) electrons. The fourth-order valence-corrected chi connectivity index (χ4v) is 4.69. The van der Waals surface area contributed by atoms with E-state index in [-0.39, 0.29) is 29.4 Å². The van der Waals surface area contributed by atoms with Crippen molar-refractivity contribution in [3.63, 3.8) is 0 Å². The number of hydrogen-bond donors (Lipinski definition) is 0. The summed E-state index contributed by atoms with van der Waals surface area (Å²) in [6.07, 6.45) is 1.30. The van der Waals surface area contributed by atoms with Gasteiger partial charge in [0.15, 0.2) is 5.76 Å². The highest BCUT2D eigenvalue weighted by Gasteiger charge is 2.20. The SMILES string of the molecule is O=c1c2ccccc2nc(-c2cc3cc(Br)ccc3o2)n1N=Cc1cccc([N+](=O)[O-])c1OCc1ccc(F)cc1. The highest BCUT2D eigenvalue weighted by Crippen LogP contribution is 2.32. The van der Waals surface area contributed by atoms with Gasteiger partial charge in [0.05, 0.1) is 22.0 Å². The number of fused-ring (bicyclic) bond motifs is 2. The first-order valence-electron chi connectivity index (χ1n) is 12.3. The van der Waals surface area contributed by atoms with Crippen molar-refractivity contribution in [3.05, 3.63) is 133 Å². The van der Waals surface area contributed by atoms with Crippen LogP contribution in [0.3, 0.4) is 0 Å². The van der Waals surface area contributed by atoms with Gasteiger partial charge in [0, 0.05) is 21.5 Å². The van der Waals surface area contributed by atoms with Crippen LogP contribution in [0.15, 0.2) is 110 Å². The summed E-state index contributed by atoms with van der Waals surface area (Å²) >= 11 is 3.45. The Morgan fingerprint density at radius 1 is 1.05 bits per heavy atom. The van der Waals surface area contributed by atoms with E-state index >= 15 is 0 Å². The Bertz CT molecular complexity index is 2040. The largest absolute Gasteiger partial charge is 0.481 e. The van der Waals surface area contributed by atoms with Crippen LogP contribution in [0.4, 0.5) is 10.1 Å². The van der Waals surface area contributed by atoms with E-state index in [0.29, 0.717) is 27.8 Å². The number of furan rings is 1. The van der Waals surface area contributed by atoms with Gasteiger partial charge >= 0.3 is 5.69 Å². The fourth-order valence-electron chi connectivity index (χ4n) is 4.32. The highest BCUT2D eigenvalue weighted by atomic mass is 79.9. The average molecular weight is 613 g/mol. The monoisotopic (exact) mass is 612 g/mol. The molecule has 2 heterocycles. The van der Waals surface area contributed by atoms with Crippen LogP contribution in [0.2, 0.25) is 0 Å². The summed E-state index contributed by atoms with van der Waals surface area (Å²) in [6, 6.07) is 24.1. The van der Waals surface area contributed by atoms with Crippen LogP contribution >= 0.6 is 15.9 Å². The van der Waals surface area contributed by atoms with E-state index in [1.807, 2.05) is 12.1 Å². The minimum atomic E-state index is -0.570. The number of aromatic nitrogens is 2. The van der Waals surface area contributed by atoms with Crippen LogP contribution in [0.5, 0.6) is 5.75 Å². The van der Waals surface area contributed by atoms with Gasteiger partial charge in [-0.3, -0.25) is 14.9 Å². The van der Waals surface area contributed by atoms with Crippen LogP contribution in [-0.4, -0.2) is 20.8 Å². The maximum Gasteiger partial charge on any atom is 0.311 e. The Kier molecular flexibility index (Phi) is 6.86. The summed E-state index contributed by atoms with van der Waals surface area (Å²) < 4.78 is 27.1. The Morgan fingerprint density at radius 2 is 1.85 bits per heavy atom. The third-order valence-corrected chi connectivity index (χ3v) is 6.78. The molecular weight excluding hydrogens is 595 g/mol. The first-order chi connectivity index (χ1) is 19.9. The van der Waals surface area contributed by atoms with Gasteiger partial charge < -0.3 is 9.15 Å². The molecule has 6 rings (SSSR count). The molecule has 0 saturated carbocycles. The number of benzene rings is 4. The molecule has 0 N–H and O–H groups in total. The molecule has 11 heteroatoms. The van der Waals surface area contributed by atoms with Gasteiger partial charge in [0.1, 0.15) is 18.0 Å². The minimum Gasteiger partial charge on any atom is -0.481 e. The number of rotatable bonds is 7. The van der Waals surface area contributed by atoms with Crippen molar-refractivity contribution in [1.29, 1.82) is 0 Å². The lowest BCUT2D eigenvalue weighted by Crippen LogP contribution is -2.20. The Morgan fingerprint density at radius 3 is 2.66 bits per heavy atom. The zero-order chi connectivity index (χ0) is 28.5. The molecule has 0 bridgehead atoms. The molecule has 202 valence electrons. The minimum absolute atomic E-state index is 0.0523. The molecule has 0 aliphatic heterocycles. The second-order valence-electron chi connectivity index (χ2n) is 8.97. The topological polar surface area (TPSA) is 113 Å². The van der Waals surface area contributed by atoms with Crippen molar-refractivity contribution in [2.45, 2.75) is 6.61 Å². The maximum absolute atomic E-state index is 13.6. The smallest absolute Gasteiger partial charge is 0.311 e. The molecule has 0 unspecified atom stereocenters. The van der Waals surface area contributed by atoms with Crippen LogP contribution in [0.25, 0.3) is 33.5 Å². The van der Waals surface area contributed by atoms with Gasteiger partial charge in [-0.15, -0.1) is 0 Å². The first kappa shape index (κ1) is 26.1. The first-order valence-corrected chi connectivity index (χ1v) is 13.1. The molecule has 0 fully saturated rings. The van der Waals surface area contributed by atoms with Gasteiger partial charge in [-0.25, -0.2) is 9.37 Å². The van der Waals surface area contributed by atoms with Gasteiger partial charge in [-0.05, 0) is 60.2 Å². The fraction of sp³-hybridized carbons (Fsp3) is 0.0333. The van der Waals surface area contributed by atoms with E-state index in [1.165, 1.54) is 42.6 Å². The normalized spacial score (nSPS) is 11.5. The Balaban J connectivity index is 1.47. The lowest BCUT2D eigenvalue weighted by atomic mass is 10.2. The van der Waals surface area contributed by atoms with Crippen molar-refractivity contribution in [2.75, 3.05) is 0 Å². The third-order valence-electron chi connectivity index (χ3n) is 6.28. The molecule has 4 aromatic carbocycles. The van der Waals surface area contributed by atoms with E-state index in [9.17, 15) is 19.3 Å². The van der Waals surface area contributed by atoms with Crippen LogP contribution in [0.1, 0.15) is 11.1 Å². The van der Waals surface area contributed by atoms with E-state index in [0.717, 1.165) is 14.5 Å². The summed E-state index contributed by atoms with van der Waals surface area (Å²) in [5.74, 6) is -0.00138. The van der Waals surface area contributed by atoms with Gasteiger partial charge in [0.2, 0.25) is 11.6 Å². The second kappa shape index (κ2) is 10.8. The van der Waals surface area contributed by atoms with Crippen LogP contribution < -0.4 is 10.3 Å². The second-order valence-corrected chi connectivity index (χ2v) is 9.89. The lowest BCUT2D eigenvalue weighted by Gasteiger charge is -2.10. The summed E-state index contributed by atoms with van der Waals surface area (Å²) in [4.78, 5) is 29.5. The van der Waals surface area contributed by atoms with Crippen LogP contribution in [-0.2, 0) is 6.61 Å². The number of nitro groups is 1. The maximum atomic E-state index is 13.6. The molecular formula is C30H18BrFN4O5. The van der Waals surface area contributed by atoms with Crippen LogP contribution in [0, 0.1) is 15.9 Å². The third kappa shape index (κ3) is 5.22. The Labute approximate surface area is 239 Å². The van der Waals surface area contributed by atoms with Crippen molar-refractivity contribution in [2.24, 2.45) is 5.10 Å². The number of para-hydroxylation sites is 2. The zero-order valence-electron chi connectivity index (χ0n) is 21.0. The molecule has 0 atom stereocenters. The number of halogens is 2. The van der Waals surface area contributed by atoms with Gasteiger partial charge in [0.25, 0.3) is 5.56 Å². The van der Waals surface area contributed by atoms with Gasteiger partial charge in [-0.2, -0.15) is 9.78 Å². The molecule has 41 heavy (non-hydrogen) atoms. The van der Waals surface area contributed by atoms with E-state index in [4.69, 9.17) is 9.15 Å². The molecule has 0 saturated heterocycles. The summed E-state index contributed by atoms with van der Waals surface area (Å²) in [7, 11) is 0. The van der Waals surface area contributed by atoms with E-state index in [1.54, 1.807) is 42.5 Å². The number of nitrogens with zero attached hydrogens (tertiary/aromatic N) is 4. The van der Waals surface area contributed by atoms with Crippen molar-refractivity contribution < 1.29 is 18.5 Å². The molecule has 6 aromatic rings. The molecule has 2 aromatic heterocycles. The number of nitro benzene ring substituents is 1. The predicted octanol–water partition coefficient (Wildman–Crippen LogP) is 7.08. The number of ether oxygens (including phenoxy) is 1. The van der Waals surface area contributed by atoms with E-state index in [2.05, 4.69) is 26.0 Å². The Hall–Kier alpha value is -5.16. The quantitative estimate of drug-likeness (QED) is 0.108. The standard InChI is InChI=1S/C30H18BrFN4O5/c31-21-10-13-26-20(14-21)15-27(41-26)29-34-24-6-2-1-5-23(24)30(37)35(29)33-16-19-4-3-7-25(36(38)39)28(19)40-17-18-8-11-22(32)12-9-18/h1-16H,17H2. The molecule has 0 aliphatic carbocycles. The van der Waals surface area contributed by atoms with Crippen molar-refractivity contribution in [3.8, 4) is 17.3 Å². The molecule has 9 nitrogen and oxygen atoms in total. The van der Waals surface area contributed by atoms with Crippen molar-refractivity contribution >= 4 is 49.7 Å². The summed E-state index contributed by atoms with van der Waals surface area (Å²) in [5, 5.41) is 17.3. The number of hydrogen-bond acceptors (Lipinski definition) is 7. The lowest BCUT2D eigenvalue weighted by molar-refractivity contribution is -0.385. The predicted molar refractivity (Wildman–Crippen MR) is 156 cm³/mol. The van der Waals surface area contributed by atoms with Crippen molar-refractivity contribution in [1.82, 2.24) is 9.66 Å².